The quantitative estimate of drug-likeness (QED) is 0.217. The van der Waals surface area contributed by atoms with Gasteiger partial charge in [0.2, 0.25) is 12.7 Å². The number of carbonyl (C=O) groups excluding carboxylic acids is 4. The number of benzene rings is 1. The zero-order valence-electron chi connectivity index (χ0n) is 17.7. The molecule has 0 spiro atoms. The number of esters is 2. The van der Waals surface area contributed by atoms with Crippen LogP contribution < -0.4 is 0 Å². The second-order valence-corrected chi connectivity index (χ2v) is 8.27. The van der Waals surface area contributed by atoms with Crippen molar-refractivity contribution < 1.29 is 33.4 Å². The molecule has 2 saturated heterocycles. The number of fused-ring (bicyclic) bond motifs is 1. The van der Waals surface area contributed by atoms with Gasteiger partial charge in [-0.15, -0.1) is 0 Å². The van der Waals surface area contributed by atoms with Gasteiger partial charge in [0.05, 0.1) is 11.8 Å². The summed E-state index contributed by atoms with van der Waals surface area (Å²) in [6.07, 6.45) is 3.97. The summed E-state index contributed by atoms with van der Waals surface area (Å²) in [5, 5.41) is 0. The fraction of sp³-hybridized carbons (Fsp3) is 0.391. The Morgan fingerprint density at radius 3 is 2.52 bits per heavy atom. The van der Waals surface area contributed by atoms with Crippen LogP contribution in [0.15, 0.2) is 47.7 Å². The van der Waals surface area contributed by atoms with Gasteiger partial charge in [-0.05, 0) is 32.8 Å². The maximum Gasteiger partial charge on any atom is 0.339 e. The minimum Gasteiger partial charge on any atom is -0.471 e. The first kappa shape index (κ1) is 22.3. The van der Waals surface area contributed by atoms with Crippen molar-refractivity contribution >= 4 is 30.2 Å². The van der Waals surface area contributed by atoms with Crippen LogP contribution >= 0.6 is 0 Å². The SMILES string of the molecule is CC(C)(C)C(=O)OCOC(=O)C1C(=C(C=O)C/C=C/c2ccccc2)O[C@@H]2CC(=O)N12. The lowest BCUT2D eigenvalue weighted by Crippen LogP contribution is -2.55. The fourth-order valence-corrected chi connectivity index (χ4v) is 3.15. The standard InChI is InChI=1S/C23H25NO7/c1-23(2,3)22(28)30-14-29-21(27)19-20(31-18-12-17(26)24(18)19)16(13-25)11-7-10-15-8-5-4-6-9-15/h4-10,13,18-19H,11-12,14H2,1-3H3/b10-7+,20-16?/t18-,19?/m1/s1. The molecular weight excluding hydrogens is 402 g/mol. The Labute approximate surface area is 180 Å². The maximum absolute atomic E-state index is 12.7. The van der Waals surface area contributed by atoms with Gasteiger partial charge >= 0.3 is 11.9 Å². The van der Waals surface area contributed by atoms with Crippen molar-refractivity contribution in [3.05, 3.63) is 53.3 Å². The fourth-order valence-electron chi connectivity index (χ4n) is 3.15. The number of allylic oxidation sites excluding steroid dienone is 2. The zero-order valence-corrected chi connectivity index (χ0v) is 17.7. The molecule has 0 radical (unpaired) electrons. The average molecular weight is 427 g/mol. The van der Waals surface area contributed by atoms with Gasteiger partial charge in [-0.25, -0.2) is 4.79 Å². The number of hydrogen-bond donors (Lipinski definition) is 0. The lowest BCUT2D eigenvalue weighted by Gasteiger charge is -2.33. The molecule has 1 amide bonds. The molecule has 2 aliphatic rings. The van der Waals surface area contributed by atoms with Crippen LogP contribution in [-0.4, -0.2) is 48.1 Å². The second kappa shape index (κ2) is 9.16. The summed E-state index contributed by atoms with van der Waals surface area (Å²) in [5.74, 6) is -1.54. The summed E-state index contributed by atoms with van der Waals surface area (Å²) in [6.45, 7) is 4.43. The van der Waals surface area contributed by atoms with E-state index in [4.69, 9.17) is 14.2 Å². The third-order valence-electron chi connectivity index (χ3n) is 4.87. The van der Waals surface area contributed by atoms with Gasteiger partial charge in [0.15, 0.2) is 12.3 Å². The highest BCUT2D eigenvalue weighted by atomic mass is 16.7. The lowest BCUT2D eigenvalue weighted by atomic mass is 9.98. The van der Waals surface area contributed by atoms with Crippen LogP contribution in [0.3, 0.4) is 0 Å². The number of rotatable bonds is 7. The minimum absolute atomic E-state index is 0.0932. The summed E-state index contributed by atoms with van der Waals surface area (Å²) in [6, 6.07) is 8.35. The molecule has 31 heavy (non-hydrogen) atoms. The van der Waals surface area contributed by atoms with Crippen molar-refractivity contribution in [2.75, 3.05) is 6.79 Å². The van der Waals surface area contributed by atoms with Gasteiger partial charge in [0.1, 0.15) is 12.0 Å². The molecule has 0 saturated carbocycles. The first-order valence-electron chi connectivity index (χ1n) is 9.94. The van der Waals surface area contributed by atoms with Crippen LogP contribution in [0.2, 0.25) is 0 Å². The summed E-state index contributed by atoms with van der Waals surface area (Å²) >= 11 is 0. The van der Waals surface area contributed by atoms with Gasteiger partial charge in [-0.3, -0.25) is 19.3 Å². The second-order valence-electron chi connectivity index (χ2n) is 8.27. The average Bonchev–Trinajstić information content (AvgIpc) is 3.04. The monoisotopic (exact) mass is 427 g/mol. The van der Waals surface area contributed by atoms with Crippen molar-refractivity contribution in [3.63, 3.8) is 0 Å². The first-order chi connectivity index (χ1) is 14.7. The van der Waals surface area contributed by atoms with Crippen LogP contribution in [0.1, 0.15) is 39.2 Å². The van der Waals surface area contributed by atoms with Gasteiger partial charge in [-0.2, -0.15) is 0 Å². The Morgan fingerprint density at radius 1 is 1.19 bits per heavy atom. The Kier molecular flexibility index (Phi) is 6.58. The molecule has 0 aromatic heterocycles. The van der Waals surface area contributed by atoms with Crippen LogP contribution in [0.4, 0.5) is 0 Å². The predicted octanol–water partition coefficient (Wildman–Crippen LogP) is 2.59. The van der Waals surface area contributed by atoms with Crippen molar-refractivity contribution in [3.8, 4) is 0 Å². The Hall–Kier alpha value is -3.42. The molecule has 2 fully saturated rings. The summed E-state index contributed by atoms with van der Waals surface area (Å²) in [4.78, 5) is 49.5. The highest BCUT2D eigenvalue weighted by Crippen LogP contribution is 2.38. The van der Waals surface area contributed by atoms with E-state index in [1.165, 1.54) is 4.90 Å². The van der Waals surface area contributed by atoms with E-state index in [9.17, 15) is 19.2 Å². The van der Waals surface area contributed by atoms with E-state index in [1.807, 2.05) is 36.4 Å². The molecule has 0 aliphatic carbocycles. The number of aldehydes is 1. The highest BCUT2D eigenvalue weighted by Gasteiger charge is 2.55. The molecule has 2 heterocycles. The molecule has 1 unspecified atom stereocenters. The molecule has 2 aliphatic heterocycles. The van der Waals surface area contributed by atoms with Crippen LogP contribution in [0.25, 0.3) is 6.08 Å². The molecule has 1 aromatic carbocycles. The van der Waals surface area contributed by atoms with Crippen molar-refractivity contribution in [1.29, 1.82) is 0 Å². The zero-order chi connectivity index (χ0) is 22.6. The maximum atomic E-state index is 12.7. The predicted molar refractivity (Wildman–Crippen MR) is 110 cm³/mol. The molecule has 1 aromatic rings. The topological polar surface area (TPSA) is 99.2 Å². The third kappa shape index (κ3) is 5.02. The number of carbonyl (C=O) groups is 4. The summed E-state index contributed by atoms with van der Waals surface area (Å²) < 4.78 is 15.7. The Bertz CT molecular complexity index is 927. The van der Waals surface area contributed by atoms with Gasteiger partial charge in [-0.1, -0.05) is 42.5 Å². The van der Waals surface area contributed by atoms with Gasteiger partial charge in [0.25, 0.3) is 0 Å². The number of nitrogens with zero attached hydrogens (tertiary/aromatic N) is 1. The van der Waals surface area contributed by atoms with E-state index >= 15 is 0 Å². The summed E-state index contributed by atoms with van der Waals surface area (Å²) in [5.41, 5.74) is 0.450. The molecule has 0 bridgehead atoms. The van der Waals surface area contributed by atoms with E-state index in [1.54, 1.807) is 26.8 Å². The normalized spacial score (nSPS) is 21.8. The molecular formula is C23H25NO7. The van der Waals surface area contributed by atoms with E-state index in [0.29, 0.717) is 6.29 Å². The molecule has 8 heteroatoms. The van der Waals surface area contributed by atoms with E-state index < -0.39 is 36.4 Å². The van der Waals surface area contributed by atoms with E-state index in [0.717, 1.165) is 5.56 Å². The largest absolute Gasteiger partial charge is 0.471 e. The number of β-lactam (4-membered cyclic amide) rings is 1. The van der Waals surface area contributed by atoms with Crippen molar-refractivity contribution in [2.45, 2.75) is 45.9 Å². The Balaban J connectivity index is 1.73. The summed E-state index contributed by atoms with van der Waals surface area (Å²) in [7, 11) is 0. The molecule has 8 nitrogen and oxygen atoms in total. The van der Waals surface area contributed by atoms with Gasteiger partial charge < -0.3 is 14.2 Å². The van der Waals surface area contributed by atoms with Crippen LogP contribution in [0.5, 0.6) is 0 Å². The smallest absolute Gasteiger partial charge is 0.339 e. The van der Waals surface area contributed by atoms with Crippen molar-refractivity contribution in [2.24, 2.45) is 5.41 Å². The molecule has 3 rings (SSSR count). The van der Waals surface area contributed by atoms with E-state index in [2.05, 4.69) is 0 Å². The minimum atomic E-state index is -1.18. The number of amides is 1. The van der Waals surface area contributed by atoms with Crippen molar-refractivity contribution in [1.82, 2.24) is 4.90 Å². The highest BCUT2D eigenvalue weighted by molar-refractivity contribution is 5.93. The Morgan fingerprint density at radius 2 is 1.90 bits per heavy atom. The number of hydrogen-bond acceptors (Lipinski definition) is 7. The lowest BCUT2D eigenvalue weighted by molar-refractivity contribution is -0.179. The van der Waals surface area contributed by atoms with Crippen LogP contribution in [-0.2, 0) is 33.4 Å². The van der Waals surface area contributed by atoms with Gasteiger partial charge in [0, 0.05) is 5.57 Å². The molecule has 164 valence electrons. The van der Waals surface area contributed by atoms with Crippen LogP contribution in [0, 0.1) is 5.41 Å². The third-order valence-corrected chi connectivity index (χ3v) is 4.87. The van der Waals surface area contributed by atoms with E-state index in [-0.39, 0.29) is 30.1 Å². The molecule has 0 N–H and O–H groups in total. The first-order valence-corrected chi connectivity index (χ1v) is 9.94. The molecule has 2 atom stereocenters. The number of ether oxygens (including phenoxy) is 3.